The molecule has 0 bridgehead atoms. The molecule has 2 heterocycles. The number of carbonyl (C=O) groups excluding carboxylic acids is 1. The molecule has 2 aromatic carbocycles. The fourth-order valence-corrected chi connectivity index (χ4v) is 6.02. The van der Waals surface area contributed by atoms with E-state index in [4.69, 9.17) is 0 Å². The first-order valence-corrected chi connectivity index (χ1v) is 12.5. The van der Waals surface area contributed by atoms with Crippen LogP contribution < -0.4 is 0 Å². The van der Waals surface area contributed by atoms with E-state index in [0.717, 1.165) is 57.6 Å². The van der Waals surface area contributed by atoms with Gasteiger partial charge in [0.25, 0.3) is 0 Å². The number of hydrogen-bond donors (Lipinski definition) is 0. The van der Waals surface area contributed by atoms with Crippen LogP contribution in [0.3, 0.4) is 0 Å². The van der Waals surface area contributed by atoms with Gasteiger partial charge in [-0.15, -0.1) is 11.3 Å². The van der Waals surface area contributed by atoms with Gasteiger partial charge < -0.3 is 4.57 Å². The third-order valence-corrected chi connectivity index (χ3v) is 7.92. The number of carbonyl (C=O) groups is 1. The average Bonchev–Trinajstić information content (AvgIpc) is 3.59. The normalized spacial score (nSPS) is 15.5. The Morgan fingerprint density at radius 1 is 1.09 bits per heavy atom. The first kappa shape index (κ1) is 21.1. The monoisotopic (exact) mass is 444 g/mol. The van der Waals surface area contributed by atoms with E-state index in [2.05, 4.69) is 40.9 Å². The molecule has 1 atom stereocenters. The van der Waals surface area contributed by atoms with Gasteiger partial charge >= 0.3 is 0 Å². The maximum atomic E-state index is 12.9. The fourth-order valence-electron chi connectivity index (χ4n) is 5.33. The van der Waals surface area contributed by atoms with Crippen molar-refractivity contribution in [2.75, 3.05) is 0 Å². The maximum absolute atomic E-state index is 12.9. The molecule has 0 radical (unpaired) electrons. The number of hydrogen-bond acceptors (Lipinski definition) is 4. The highest BCUT2D eigenvalue weighted by molar-refractivity contribution is 7.12. The Balaban J connectivity index is 1.55. The van der Waals surface area contributed by atoms with Crippen molar-refractivity contribution in [3.63, 3.8) is 0 Å². The highest BCUT2D eigenvalue weighted by atomic mass is 32.1. The predicted molar refractivity (Wildman–Crippen MR) is 133 cm³/mol. The largest absolute Gasteiger partial charge is 0.341 e. The number of fused-ring (bicyclic) bond motifs is 3. The molecular formula is C27H28N2O2S. The zero-order valence-electron chi connectivity index (χ0n) is 18.4. The zero-order valence-corrected chi connectivity index (χ0v) is 19.2. The van der Waals surface area contributed by atoms with Crippen molar-refractivity contribution in [3.8, 4) is 0 Å². The van der Waals surface area contributed by atoms with E-state index in [-0.39, 0.29) is 11.8 Å². The summed E-state index contributed by atoms with van der Waals surface area (Å²) in [4.78, 5) is 25.4. The summed E-state index contributed by atoms with van der Waals surface area (Å²) < 4.78 is 2.27. The average molecular weight is 445 g/mol. The Morgan fingerprint density at radius 2 is 1.84 bits per heavy atom. The third kappa shape index (κ3) is 3.79. The van der Waals surface area contributed by atoms with Crippen LogP contribution in [0.4, 0.5) is 0 Å². The van der Waals surface area contributed by atoms with E-state index >= 15 is 0 Å². The lowest BCUT2D eigenvalue weighted by Crippen LogP contribution is -2.00. The number of rotatable bonds is 8. The lowest BCUT2D eigenvalue weighted by molar-refractivity contribution is 0.104. The first-order chi connectivity index (χ1) is 15.7. The molecule has 0 saturated heterocycles. The van der Waals surface area contributed by atoms with E-state index < -0.39 is 0 Å². The van der Waals surface area contributed by atoms with E-state index in [0.29, 0.717) is 5.56 Å². The van der Waals surface area contributed by atoms with Crippen molar-refractivity contribution < 1.29 is 4.79 Å². The van der Waals surface area contributed by atoms with Crippen molar-refractivity contribution in [2.24, 2.45) is 11.1 Å². The summed E-state index contributed by atoms with van der Waals surface area (Å²) in [6.07, 6.45) is 7.10. The molecule has 5 heteroatoms. The molecule has 0 amide bonds. The lowest BCUT2D eigenvalue weighted by Gasteiger charge is -2.13. The quantitative estimate of drug-likeness (QED) is 0.205. The van der Waals surface area contributed by atoms with Gasteiger partial charge in [0.2, 0.25) is 5.78 Å². The Bertz CT molecular complexity index is 1270. The minimum atomic E-state index is -0.309. The molecule has 2 aromatic heterocycles. The van der Waals surface area contributed by atoms with Gasteiger partial charge in [-0.1, -0.05) is 43.0 Å². The minimum Gasteiger partial charge on any atom is -0.341 e. The van der Waals surface area contributed by atoms with Crippen LogP contribution >= 0.6 is 11.3 Å². The topological polar surface area (TPSA) is 51.4 Å². The highest BCUT2D eigenvalue weighted by Gasteiger charge is 2.21. The molecule has 1 fully saturated rings. The SMILES string of the molecule is CCn1c2ccc(C(=O)c3cccs3)cc2c2cc(C(CCC3CCCC3)N=O)ccc21. The summed E-state index contributed by atoms with van der Waals surface area (Å²) in [5.74, 6) is 0.801. The summed E-state index contributed by atoms with van der Waals surface area (Å²) in [5.41, 5.74) is 3.93. The molecule has 0 aliphatic heterocycles. The molecule has 1 saturated carbocycles. The van der Waals surface area contributed by atoms with Crippen molar-refractivity contribution >= 4 is 38.9 Å². The molecule has 0 spiro atoms. The van der Waals surface area contributed by atoms with Crippen LogP contribution in [0.25, 0.3) is 21.8 Å². The van der Waals surface area contributed by atoms with Crippen LogP contribution in [0.1, 0.15) is 72.3 Å². The number of nitroso groups, excluding NO2 is 1. The Hall–Kier alpha value is -2.79. The molecule has 164 valence electrons. The van der Waals surface area contributed by atoms with Crippen LogP contribution in [0.5, 0.6) is 0 Å². The van der Waals surface area contributed by atoms with Gasteiger partial charge in [-0.05, 0) is 73.0 Å². The van der Waals surface area contributed by atoms with Crippen molar-refractivity contribution in [1.29, 1.82) is 0 Å². The highest BCUT2D eigenvalue weighted by Crippen LogP contribution is 2.36. The standard InChI is InChI=1S/C27H28N2O2S/c1-2-29-24-13-10-19(23(28-31)12-9-18-6-3-4-7-18)16-21(24)22-17-20(11-14-25(22)29)27(30)26-8-5-15-32-26/h5,8,10-11,13-18,23H,2-4,6-7,9,12H2,1H3. The number of nitrogens with zero attached hydrogens (tertiary/aromatic N) is 2. The summed E-state index contributed by atoms with van der Waals surface area (Å²) in [6.45, 7) is 2.98. The molecule has 1 aliphatic rings. The molecule has 5 rings (SSSR count). The van der Waals surface area contributed by atoms with Gasteiger partial charge in [-0.25, -0.2) is 0 Å². The van der Waals surface area contributed by atoms with E-state index in [1.54, 1.807) is 0 Å². The molecule has 4 nitrogen and oxygen atoms in total. The van der Waals surface area contributed by atoms with Gasteiger partial charge in [0.15, 0.2) is 0 Å². The fraction of sp³-hybridized carbons (Fsp3) is 0.370. The number of benzene rings is 2. The second-order valence-electron chi connectivity index (χ2n) is 8.91. The second-order valence-corrected chi connectivity index (χ2v) is 9.86. The zero-order chi connectivity index (χ0) is 22.1. The van der Waals surface area contributed by atoms with Crippen LogP contribution in [0, 0.1) is 10.8 Å². The molecule has 32 heavy (non-hydrogen) atoms. The first-order valence-electron chi connectivity index (χ1n) is 11.7. The third-order valence-electron chi connectivity index (χ3n) is 7.05. The van der Waals surface area contributed by atoms with Gasteiger partial charge in [0.05, 0.1) is 4.88 Å². The van der Waals surface area contributed by atoms with Gasteiger partial charge in [-0.2, -0.15) is 4.91 Å². The van der Waals surface area contributed by atoms with E-state index in [1.807, 2.05) is 29.6 Å². The van der Waals surface area contributed by atoms with Crippen molar-refractivity contribution in [3.05, 3.63) is 74.8 Å². The van der Waals surface area contributed by atoms with Crippen LogP contribution in [0.15, 0.2) is 59.1 Å². The number of aryl methyl sites for hydroxylation is 1. The molecule has 1 aliphatic carbocycles. The summed E-state index contributed by atoms with van der Waals surface area (Å²) in [7, 11) is 0. The Labute approximate surface area is 192 Å². The predicted octanol–water partition coefficient (Wildman–Crippen LogP) is 7.88. The van der Waals surface area contributed by atoms with Crippen LogP contribution in [0.2, 0.25) is 0 Å². The van der Waals surface area contributed by atoms with Gasteiger partial charge in [0.1, 0.15) is 6.04 Å². The minimum absolute atomic E-state index is 0.0550. The van der Waals surface area contributed by atoms with Crippen LogP contribution in [-0.4, -0.2) is 10.4 Å². The summed E-state index contributed by atoms with van der Waals surface area (Å²) in [6, 6.07) is 15.8. The Kier molecular flexibility index (Phi) is 5.92. The van der Waals surface area contributed by atoms with Crippen molar-refractivity contribution in [1.82, 2.24) is 4.57 Å². The van der Waals surface area contributed by atoms with Crippen LogP contribution in [-0.2, 0) is 6.54 Å². The van der Waals surface area contributed by atoms with E-state index in [9.17, 15) is 9.70 Å². The summed E-state index contributed by atoms with van der Waals surface area (Å²) >= 11 is 1.47. The summed E-state index contributed by atoms with van der Waals surface area (Å²) in [5, 5.41) is 7.59. The molecule has 1 unspecified atom stereocenters. The smallest absolute Gasteiger partial charge is 0.202 e. The second kappa shape index (κ2) is 8.99. The van der Waals surface area contributed by atoms with Crippen molar-refractivity contribution in [2.45, 2.75) is 58.0 Å². The Morgan fingerprint density at radius 3 is 2.53 bits per heavy atom. The van der Waals surface area contributed by atoms with Gasteiger partial charge in [0, 0.05) is 33.9 Å². The number of ketones is 1. The lowest BCUT2D eigenvalue weighted by atomic mass is 9.94. The molecular weight excluding hydrogens is 416 g/mol. The van der Waals surface area contributed by atoms with E-state index in [1.165, 1.54) is 37.0 Å². The van der Waals surface area contributed by atoms with Gasteiger partial charge in [-0.3, -0.25) is 4.79 Å². The number of thiophene rings is 1. The molecule has 4 aromatic rings. The maximum Gasteiger partial charge on any atom is 0.202 e. The number of aromatic nitrogens is 1. The molecule has 0 N–H and O–H groups in total.